The van der Waals surface area contributed by atoms with Crippen molar-refractivity contribution in [2.75, 3.05) is 20.6 Å². The van der Waals surface area contributed by atoms with Crippen LogP contribution in [0, 0.1) is 0 Å². The second kappa shape index (κ2) is 8.04. The summed E-state index contributed by atoms with van der Waals surface area (Å²) in [5, 5.41) is 3.35. The van der Waals surface area contributed by atoms with E-state index in [9.17, 15) is 0 Å². The molecule has 0 aliphatic carbocycles. The van der Waals surface area contributed by atoms with Crippen LogP contribution in [0.1, 0.15) is 19.0 Å². The van der Waals surface area contributed by atoms with E-state index in [1.54, 1.807) is 0 Å². The summed E-state index contributed by atoms with van der Waals surface area (Å²) in [6, 6.07) is 2.13. The molecule has 0 atom stereocenters. The number of aryl methyl sites for hydroxylation is 1. The first-order valence-electron chi connectivity index (χ1n) is 6.42. The molecule has 0 aromatic carbocycles. The zero-order valence-electron chi connectivity index (χ0n) is 12.2. The molecule has 5 heteroatoms. The summed E-state index contributed by atoms with van der Waals surface area (Å²) in [7, 11) is 5.91. The van der Waals surface area contributed by atoms with Gasteiger partial charge in [0.05, 0.1) is 6.54 Å². The molecule has 0 aliphatic rings. The molecule has 19 heavy (non-hydrogen) atoms. The topological polar surface area (TPSA) is 32.6 Å². The molecule has 0 bridgehead atoms. The molecule has 0 amide bonds. The molecule has 0 aliphatic heterocycles. The average molecular weight is 327 g/mol. The number of aliphatic imine (C=N–C) groups is 1. The molecule has 0 spiro atoms. The Morgan fingerprint density at radius 3 is 2.84 bits per heavy atom. The minimum absolute atomic E-state index is 0.825. The zero-order valence-corrected chi connectivity index (χ0v) is 13.7. The van der Waals surface area contributed by atoms with Crippen molar-refractivity contribution in [3.63, 3.8) is 0 Å². The van der Waals surface area contributed by atoms with E-state index in [0.717, 1.165) is 29.9 Å². The van der Waals surface area contributed by atoms with Crippen molar-refractivity contribution >= 4 is 21.9 Å². The van der Waals surface area contributed by atoms with Crippen molar-refractivity contribution in [3.8, 4) is 0 Å². The Labute approximate surface area is 124 Å². The van der Waals surface area contributed by atoms with Gasteiger partial charge in [-0.2, -0.15) is 0 Å². The van der Waals surface area contributed by atoms with E-state index in [1.807, 2.05) is 21.0 Å². The summed E-state index contributed by atoms with van der Waals surface area (Å²) < 4.78 is 3.22. The number of guanidine groups is 1. The molecule has 4 nitrogen and oxygen atoms in total. The first-order chi connectivity index (χ1) is 9.08. The highest BCUT2D eigenvalue weighted by atomic mass is 79.9. The second-order valence-corrected chi connectivity index (χ2v) is 5.36. The van der Waals surface area contributed by atoms with Gasteiger partial charge in [0.15, 0.2) is 5.96 Å². The third-order valence-electron chi connectivity index (χ3n) is 2.88. The smallest absolute Gasteiger partial charge is 0.193 e. The van der Waals surface area contributed by atoms with Crippen molar-refractivity contribution in [2.24, 2.45) is 12.0 Å². The highest BCUT2D eigenvalue weighted by Crippen LogP contribution is 2.14. The normalized spacial score (nSPS) is 12.2. The summed E-state index contributed by atoms with van der Waals surface area (Å²) in [6.07, 6.45) is 7.29. The van der Waals surface area contributed by atoms with Crippen LogP contribution in [0.25, 0.3) is 0 Å². The largest absolute Gasteiger partial charge is 0.356 e. The molecule has 1 aromatic rings. The fraction of sp³-hybridized carbons (Fsp3) is 0.500. The Morgan fingerprint density at radius 1 is 1.58 bits per heavy atom. The zero-order chi connectivity index (χ0) is 14.3. The molecule has 1 heterocycles. The third-order valence-corrected chi connectivity index (χ3v) is 3.31. The monoisotopic (exact) mass is 326 g/mol. The van der Waals surface area contributed by atoms with Gasteiger partial charge in [0.25, 0.3) is 0 Å². The molecule has 0 saturated heterocycles. The number of allylic oxidation sites excluding steroid dienone is 1. The van der Waals surface area contributed by atoms with E-state index in [0.29, 0.717) is 0 Å². The quantitative estimate of drug-likeness (QED) is 0.390. The predicted molar refractivity (Wildman–Crippen MR) is 85.4 cm³/mol. The van der Waals surface area contributed by atoms with Crippen LogP contribution in [-0.2, 0) is 13.6 Å². The molecular weight excluding hydrogens is 304 g/mol. The fourth-order valence-electron chi connectivity index (χ4n) is 1.86. The first kappa shape index (κ1) is 15.8. The van der Waals surface area contributed by atoms with Crippen molar-refractivity contribution in [1.29, 1.82) is 0 Å². The van der Waals surface area contributed by atoms with E-state index in [1.165, 1.54) is 5.69 Å². The number of aromatic nitrogens is 1. The van der Waals surface area contributed by atoms with Crippen molar-refractivity contribution < 1.29 is 0 Å². The summed E-state index contributed by atoms with van der Waals surface area (Å²) in [6.45, 7) is 3.76. The van der Waals surface area contributed by atoms with Crippen LogP contribution in [0.3, 0.4) is 0 Å². The van der Waals surface area contributed by atoms with Gasteiger partial charge in [0.1, 0.15) is 0 Å². The van der Waals surface area contributed by atoms with Crippen LogP contribution in [0.5, 0.6) is 0 Å². The Kier molecular flexibility index (Phi) is 6.70. The summed E-state index contributed by atoms with van der Waals surface area (Å²) in [4.78, 5) is 6.43. The minimum atomic E-state index is 0.825. The van der Waals surface area contributed by atoms with E-state index in [-0.39, 0.29) is 0 Å². The highest BCUT2D eigenvalue weighted by Gasteiger charge is 2.08. The fourth-order valence-corrected chi connectivity index (χ4v) is 2.43. The maximum Gasteiger partial charge on any atom is 0.193 e. The van der Waals surface area contributed by atoms with Gasteiger partial charge in [-0.3, -0.25) is 4.99 Å². The Hall–Kier alpha value is -1.23. The number of rotatable bonds is 5. The van der Waals surface area contributed by atoms with Gasteiger partial charge in [-0.1, -0.05) is 12.2 Å². The standard InChI is InChI=1S/C14H23BrN4/c1-5-6-7-8-17-14(16-2)19(4)11-13-9-12(15)10-18(13)3/h5-6,9-10H,7-8,11H2,1-4H3,(H,16,17)/b6-5+. The van der Waals surface area contributed by atoms with Gasteiger partial charge in [0.2, 0.25) is 0 Å². The van der Waals surface area contributed by atoms with Crippen molar-refractivity contribution in [2.45, 2.75) is 19.9 Å². The molecular formula is C14H23BrN4. The second-order valence-electron chi connectivity index (χ2n) is 4.45. The SMILES string of the molecule is C/C=C/CCNC(=NC)N(C)Cc1cc(Br)cn1C. The van der Waals surface area contributed by atoms with Crippen molar-refractivity contribution in [1.82, 2.24) is 14.8 Å². The summed E-state index contributed by atoms with van der Waals surface area (Å²) in [5.41, 5.74) is 1.24. The van der Waals surface area contributed by atoms with Crippen LogP contribution < -0.4 is 5.32 Å². The minimum Gasteiger partial charge on any atom is -0.356 e. The van der Waals surface area contributed by atoms with Gasteiger partial charge in [-0.25, -0.2) is 0 Å². The van der Waals surface area contributed by atoms with E-state index >= 15 is 0 Å². The molecule has 0 fully saturated rings. The lowest BCUT2D eigenvalue weighted by Gasteiger charge is -2.22. The average Bonchev–Trinajstić information content (AvgIpc) is 2.68. The highest BCUT2D eigenvalue weighted by molar-refractivity contribution is 9.10. The third kappa shape index (κ3) is 5.11. The molecule has 1 rings (SSSR count). The maximum absolute atomic E-state index is 4.30. The van der Waals surface area contributed by atoms with Gasteiger partial charge < -0.3 is 14.8 Å². The first-order valence-corrected chi connectivity index (χ1v) is 7.21. The lowest BCUT2D eigenvalue weighted by atomic mass is 10.4. The Balaban J connectivity index is 2.54. The lowest BCUT2D eigenvalue weighted by molar-refractivity contribution is 0.462. The van der Waals surface area contributed by atoms with Crippen LogP contribution in [-0.4, -0.2) is 36.1 Å². The number of halogens is 1. The van der Waals surface area contributed by atoms with Gasteiger partial charge in [-0.15, -0.1) is 0 Å². The molecule has 0 saturated carbocycles. The molecule has 0 unspecified atom stereocenters. The van der Waals surface area contributed by atoms with Gasteiger partial charge >= 0.3 is 0 Å². The number of hydrogen-bond acceptors (Lipinski definition) is 1. The van der Waals surface area contributed by atoms with Crippen molar-refractivity contribution in [3.05, 3.63) is 34.6 Å². The molecule has 1 aromatic heterocycles. The van der Waals surface area contributed by atoms with E-state index in [4.69, 9.17) is 0 Å². The van der Waals surface area contributed by atoms with Gasteiger partial charge in [0, 0.05) is 44.1 Å². The van der Waals surface area contributed by atoms with Crippen LogP contribution in [0.2, 0.25) is 0 Å². The van der Waals surface area contributed by atoms with E-state index in [2.05, 4.69) is 67.2 Å². The summed E-state index contributed by atoms with van der Waals surface area (Å²) in [5.74, 6) is 0.918. The molecule has 1 N–H and O–H groups in total. The van der Waals surface area contributed by atoms with Crippen LogP contribution >= 0.6 is 15.9 Å². The molecule has 0 radical (unpaired) electrons. The van der Waals surface area contributed by atoms with E-state index < -0.39 is 0 Å². The number of nitrogens with one attached hydrogen (secondary N) is 1. The predicted octanol–water partition coefficient (Wildman–Crippen LogP) is 2.76. The summed E-state index contributed by atoms with van der Waals surface area (Å²) >= 11 is 3.49. The maximum atomic E-state index is 4.30. The Bertz CT molecular complexity index is 448. The van der Waals surface area contributed by atoms with Crippen LogP contribution in [0.15, 0.2) is 33.9 Å². The van der Waals surface area contributed by atoms with Crippen LogP contribution in [0.4, 0.5) is 0 Å². The number of nitrogens with zero attached hydrogens (tertiary/aromatic N) is 3. The Morgan fingerprint density at radius 2 is 2.32 bits per heavy atom. The lowest BCUT2D eigenvalue weighted by Crippen LogP contribution is -2.39. The van der Waals surface area contributed by atoms with Gasteiger partial charge in [-0.05, 0) is 35.3 Å². The number of hydrogen-bond donors (Lipinski definition) is 1. The molecule has 106 valence electrons.